The number of carbonyl (C=O) groups is 1. The van der Waals surface area contributed by atoms with Gasteiger partial charge < -0.3 is 14.5 Å². The number of carbonyl (C=O) groups excluding carboxylic acids is 1. The smallest absolute Gasteiger partial charge is 0.226 e. The maximum atomic E-state index is 12.3. The van der Waals surface area contributed by atoms with E-state index in [0.29, 0.717) is 6.42 Å². The standard InChI is InChI=1S/C17H26N2O2/c1-18(11-12-19-9-4-3-5-10-19)17(20)14-15-7-6-8-16(13-15)21-2/h6-8,13H,3-5,9-12,14H2,1-2H3. The van der Waals surface area contributed by atoms with Crippen LogP contribution in [0, 0.1) is 0 Å². The molecule has 21 heavy (non-hydrogen) atoms. The van der Waals surface area contributed by atoms with Crippen molar-refractivity contribution in [2.24, 2.45) is 0 Å². The van der Waals surface area contributed by atoms with E-state index in [-0.39, 0.29) is 5.91 Å². The molecule has 4 heteroatoms. The van der Waals surface area contributed by atoms with E-state index in [1.54, 1.807) is 7.11 Å². The fourth-order valence-electron chi connectivity index (χ4n) is 2.69. The summed E-state index contributed by atoms with van der Waals surface area (Å²) >= 11 is 0. The number of likely N-dealkylation sites (tertiary alicyclic amines) is 1. The Labute approximate surface area is 127 Å². The fraction of sp³-hybridized carbons (Fsp3) is 0.588. The summed E-state index contributed by atoms with van der Waals surface area (Å²) in [5, 5.41) is 0. The van der Waals surface area contributed by atoms with Crippen molar-refractivity contribution in [3.05, 3.63) is 29.8 Å². The van der Waals surface area contributed by atoms with Gasteiger partial charge >= 0.3 is 0 Å². The van der Waals surface area contributed by atoms with Crippen LogP contribution in [0.1, 0.15) is 24.8 Å². The molecule has 1 saturated heterocycles. The van der Waals surface area contributed by atoms with Crippen molar-refractivity contribution in [1.29, 1.82) is 0 Å². The lowest BCUT2D eigenvalue weighted by Crippen LogP contribution is -2.39. The van der Waals surface area contributed by atoms with Gasteiger partial charge in [0.2, 0.25) is 5.91 Å². The van der Waals surface area contributed by atoms with Crippen LogP contribution in [-0.4, -0.2) is 56.0 Å². The first-order valence-corrected chi connectivity index (χ1v) is 7.78. The monoisotopic (exact) mass is 290 g/mol. The van der Waals surface area contributed by atoms with Gasteiger partial charge in [0.05, 0.1) is 13.5 Å². The average molecular weight is 290 g/mol. The van der Waals surface area contributed by atoms with E-state index < -0.39 is 0 Å². The number of rotatable bonds is 6. The molecule has 1 aliphatic rings. The minimum atomic E-state index is 0.167. The lowest BCUT2D eigenvalue weighted by molar-refractivity contribution is -0.129. The second-order valence-electron chi connectivity index (χ2n) is 5.75. The predicted octanol–water partition coefficient (Wildman–Crippen LogP) is 2.18. The molecule has 1 fully saturated rings. The molecule has 0 aromatic heterocycles. The Kier molecular flexibility index (Phi) is 6.05. The van der Waals surface area contributed by atoms with Crippen LogP contribution in [0.25, 0.3) is 0 Å². The molecule has 1 aromatic rings. The molecule has 1 amide bonds. The van der Waals surface area contributed by atoms with Crippen molar-refractivity contribution < 1.29 is 9.53 Å². The van der Waals surface area contributed by atoms with E-state index in [9.17, 15) is 4.79 Å². The van der Waals surface area contributed by atoms with Crippen LogP contribution in [-0.2, 0) is 11.2 Å². The van der Waals surface area contributed by atoms with Gasteiger partial charge in [0.1, 0.15) is 5.75 Å². The zero-order chi connectivity index (χ0) is 15.1. The normalized spacial score (nSPS) is 15.7. The molecule has 0 aliphatic carbocycles. The number of nitrogens with zero attached hydrogens (tertiary/aromatic N) is 2. The maximum Gasteiger partial charge on any atom is 0.226 e. The number of piperidine rings is 1. The van der Waals surface area contributed by atoms with E-state index in [0.717, 1.165) is 24.4 Å². The lowest BCUT2D eigenvalue weighted by atomic mass is 10.1. The van der Waals surface area contributed by atoms with Gasteiger partial charge in [-0.05, 0) is 43.6 Å². The van der Waals surface area contributed by atoms with Gasteiger partial charge in [-0.2, -0.15) is 0 Å². The quantitative estimate of drug-likeness (QED) is 0.805. The van der Waals surface area contributed by atoms with E-state index in [2.05, 4.69) is 4.90 Å². The van der Waals surface area contributed by atoms with Crippen LogP contribution in [0.3, 0.4) is 0 Å². The Morgan fingerprint density at radius 3 is 2.76 bits per heavy atom. The summed E-state index contributed by atoms with van der Waals surface area (Å²) < 4.78 is 5.19. The van der Waals surface area contributed by atoms with Gasteiger partial charge in [-0.3, -0.25) is 4.79 Å². The summed E-state index contributed by atoms with van der Waals surface area (Å²) in [6, 6.07) is 7.72. The molecule has 0 radical (unpaired) electrons. The van der Waals surface area contributed by atoms with Crippen molar-refractivity contribution in [2.45, 2.75) is 25.7 Å². The van der Waals surface area contributed by atoms with E-state index in [1.807, 2.05) is 36.2 Å². The highest BCUT2D eigenvalue weighted by Crippen LogP contribution is 2.13. The first kappa shape index (κ1) is 15.8. The largest absolute Gasteiger partial charge is 0.497 e. The van der Waals surface area contributed by atoms with Crippen molar-refractivity contribution in [1.82, 2.24) is 9.80 Å². The Morgan fingerprint density at radius 1 is 1.29 bits per heavy atom. The van der Waals surface area contributed by atoms with Crippen LogP contribution >= 0.6 is 0 Å². The molecule has 0 saturated carbocycles. The summed E-state index contributed by atoms with van der Waals surface area (Å²) in [6.07, 6.45) is 4.37. The maximum absolute atomic E-state index is 12.3. The third-order valence-electron chi connectivity index (χ3n) is 4.12. The molecule has 4 nitrogen and oxygen atoms in total. The molecule has 0 N–H and O–H groups in total. The summed E-state index contributed by atoms with van der Waals surface area (Å²) in [4.78, 5) is 16.5. The van der Waals surface area contributed by atoms with Crippen LogP contribution < -0.4 is 4.74 Å². The van der Waals surface area contributed by atoms with Crippen LogP contribution in [0.4, 0.5) is 0 Å². The number of benzene rings is 1. The molecule has 1 heterocycles. The number of methoxy groups -OCH3 is 1. The molecule has 0 unspecified atom stereocenters. The van der Waals surface area contributed by atoms with Crippen molar-refractivity contribution in [3.8, 4) is 5.75 Å². The molecular formula is C17H26N2O2. The van der Waals surface area contributed by atoms with Gasteiger partial charge in [0.15, 0.2) is 0 Å². The predicted molar refractivity (Wildman–Crippen MR) is 84.6 cm³/mol. The SMILES string of the molecule is COc1cccc(CC(=O)N(C)CCN2CCCCC2)c1. The third-order valence-corrected chi connectivity index (χ3v) is 4.12. The van der Waals surface area contributed by atoms with Crippen LogP contribution in [0.5, 0.6) is 5.75 Å². The Balaban J connectivity index is 1.78. The highest BCUT2D eigenvalue weighted by molar-refractivity contribution is 5.78. The molecule has 1 aliphatic heterocycles. The zero-order valence-corrected chi connectivity index (χ0v) is 13.2. The van der Waals surface area contributed by atoms with Crippen molar-refractivity contribution >= 4 is 5.91 Å². The topological polar surface area (TPSA) is 32.8 Å². The third kappa shape index (κ3) is 5.05. The molecule has 1 aromatic carbocycles. The number of likely N-dealkylation sites (N-methyl/N-ethyl adjacent to an activating group) is 1. The lowest BCUT2D eigenvalue weighted by Gasteiger charge is -2.28. The minimum Gasteiger partial charge on any atom is -0.497 e. The molecular weight excluding hydrogens is 264 g/mol. The van der Waals surface area contributed by atoms with Gasteiger partial charge in [-0.25, -0.2) is 0 Å². The summed E-state index contributed by atoms with van der Waals surface area (Å²) in [7, 11) is 3.54. The Hall–Kier alpha value is -1.55. The molecule has 0 atom stereocenters. The Bertz CT molecular complexity index is 456. The average Bonchev–Trinajstić information content (AvgIpc) is 2.53. The highest BCUT2D eigenvalue weighted by Gasteiger charge is 2.14. The van der Waals surface area contributed by atoms with E-state index >= 15 is 0 Å². The van der Waals surface area contributed by atoms with Crippen LogP contribution in [0.2, 0.25) is 0 Å². The first-order chi connectivity index (χ1) is 10.2. The number of hydrogen-bond acceptors (Lipinski definition) is 3. The van der Waals surface area contributed by atoms with Gasteiger partial charge in [-0.15, -0.1) is 0 Å². The van der Waals surface area contributed by atoms with Crippen molar-refractivity contribution in [2.75, 3.05) is 40.3 Å². The molecule has 2 rings (SSSR count). The number of hydrogen-bond donors (Lipinski definition) is 0. The van der Waals surface area contributed by atoms with Gasteiger partial charge in [0.25, 0.3) is 0 Å². The van der Waals surface area contributed by atoms with Gasteiger partial charge in [-0.1, -0.05) is 18.6 Å². The summed E-state index contributed by atoms with van der Waals surface area (Å²) in [5.41, 5.74) is 1.00. The number of amides is 1. The number of ether oxygens (including phenoxy) is 1. The van der Waals surface area contributed by atoms with Crippen molar-refractivity contribution in [3.63, 3.8) is 0 Å². The fourth-order valence-corrected chi connectivity index (χ4v) is 2.69. The van der Waals surface area contributed by atoms with Crippen LogP contribution in [0.15, 0.2) is 24.3 Å². The second-order valence-corrected chi connectivity index (χ2v) is 5.75. The molecule has 0 bridgehead atoms. The highest BCUT2D eigenvalue weighted by atomic mass is 16.5. The second kappa shape index (κ2) is 8.03. The molecule has 116 valence electrons. The minimum absolute atomic E-state index is 0.167. The van der Waals surface area contributed by atoms with E-state index in [1.165, 1.54) is 32.4 Å². The Morgan fingerprint density at radius 2 is 2.05 bits per heavy atom. The van der Waals surface area contributed by atoms with E-state index in [4.69, 9.17) is 4.74 Å². The summed E-state index contributed by atoms with van der Waals surface area (Å²) in [6.45, 7) is 4.15. The molecule has 0 spiro atoms. The summed E-state index contributed by atoms with van der Waals surface area (Å²) in [5.74, 6) is 0.969. The first-order valence-electron chi connectivity index (χ1n) is 7.78. The zero-order valence-electron chi connectivity index (χ0n) is 13.2. The van der Waals surface area contributed by atoms with Gasteiger partial charge in [0, 0.05) is 20.1 Å².